The van der Waals surface area contributed by atoms with Crippen molar-refractivity contribution in [2.24, 2.45) is 5.92 Å². The molecule has 1 rings (SSSR count). The van der Waals surface area contributed by atoms with Crippen LogP contribution in [0.25, 0.3) is 0 Å². The van der Waals surface area contributed by atoms with E-state index in [4.69, 9.17) is 9.47 Å². The number of hydrogen-bond acceptors (Lipinski definition) is 2. The van der Waals surface area contributed by atoms with Crippen LogP contribution in [0.2, 0.25) is 0 Å². The van der Waals surface area contributed by atoms with Gasteiger partial charge in [-0.15, -0.1) is 0 Å². The summed E-state index contributed by atoms with van der Waals surface area (Å²) in [6.07, 6.45) is 2.57. The van der Waals surface area contributed by atoms with Crippen molar-refractivity contribution < 1.29 is 9.47 Å². The summed E-state index contributed by atoms with van der Waals surface area (Å²) in [5.74, 6) is 0.586. The standard InChI is InChI=1S/C9H17BrO2/c1-6(2)8-5-4-7(10)9(11-3)12-8/h6-9H,4-5H2,1-3H3. The van der Waals surface area contributed by atoms with E-state index < -0.39 is 0 Å². The van der Waals surface area contributed by atoms with Crippen LogP contribution in [0, 0.1) is 5.92 Å². The zero-order chi connectivity index (χ0) is 9.14. The molecular formula is C9H17BrO2. The zero-order valence-electron chi connectivity index (χ0n) is 7.92. The van der Waals surface area contributed by atoms with E-state index in [1.807, 2.05) is 0 Å². The number of hydrogen-bond donors (Lipinski definition) is 0. The van der Waals surface area contributed by atoms with Gasteiger partial charge in [-0.3, -0.25) is 0 Å². The molecule has 0 aromatic rings. The molecule has 0 N–H and O–H groups in total. The van der Waals surface area contributed by atoms with Crippen LogP contribution in [-0.4, -0.2) is 24.3 Å². The summed E-state index contributed by atoms with van der Waals surface area (Å²) in [5, 5.41) is 0. The van der Waals surface area contributed by atoms with Crippen molar-refractivity contribution in [3.05, 3.63) is 0 Å². The minimum atomic E-state index is -0.0638. The molecule has 3 unspecified atom stereocenters. The lowest BCUT2D eigenvalue weighted by atomic mass is 9.99. The first kappa shape index (κ1) is 10.5. The Morgan fingerprint density at radius 1 is 1.42 bits per heavy atom. The lowest BCUT2D eigenvalue weighted by molar-refractivity contribution is -0.184. The first-order valence-electron chi connectivity index (χ1n) is 4.47. The molecule has 0 amide bonds. The van der Waals surface area contributed by atoms with Crippen LogP contribution in [-0.2, 0) is 9.47 Å². The van der Waals surface area contributed by atoms with Gasteiger partial charge >= 0.3 is 0 Å². The van der Waals surface area contributed by atoms with E-state index in [1.54, 1.807) is 7.11 Å². The molecule has 2 nitrogen and oxygen atoms in total. The normalized spacial score (nSPS) is 37.2. The lowest BCUT2D eigenvalue weighted by Crippen LogP contribution is -2.39. The van der Waals surface area contributed by atoms with Gasteiger partial charge in [-0.2, -0.15) is 0 Å². The minimum Gasteiger partial charge on any atom is -0.355 e. The highest BCUT2D eigenvalue weighted by Crippen LogP contribution is 2.28. The van der Waals surface area contributed by atoms with Crippen molar-refractivity contribution in [1.82, 2.24) is 0 Å². The minimum absolute atomic E-state index is 0.0638. The van der Waals surface area contributed by atoms with Crippen LogP contribution >= 0.6 is 15.9 Å². The third-order valence-corrected chi connectivity index (χ3v) is 3.20. The molecule has 72 valence electrons. The predicted molar refractivity (Wildman–Crippen MR) is 52.5 cm³/mol. The average molecular weight is 237 g/mol. The molecule has 1 saturated heterocycles. The van der Waals surface area contributed by atoms with Crippen LogP contribution in [0.5, 0.6) is 0 Å². The Bertz CT molecular complexity index is 138. The molecular weight excluding hydrogens is 220 g/mol. The van der Waals surface area contributed by atoms with E-state index >= 15 is 0 Å². The van der Waals surface area contributed by atoms with Gasteiger partial charge in [-0.1, -0.05) is 29.8 Å². The van der Waals surface area contributed by atoms with Crippen LogP contribution in [0.1, 0.15) is 26.7 Å². The second-order valence-corrected chi connectivity index (χ2v) is 4.79. The molecule has 0 spiro atoms. The van der Waals surface area contributed by atoms with E-state index in [9.17, 15) is 0 Å². The summed E-state index contributed by atoms with van der Waals surface area (Å²) in [4.78, 5) is 0.359. The maximum atomic E-state index is 5.74. The Morgan fingerprint density at radius 3 is 2.58 bits per heavy atom. The fourth-order valence-corrected chi connectivity index (χ4v) is 2.08. The first-order valence-corrected chi connectivity index (χ1v) is 5.39. The van der Waals surface area contributed by atoms with Crippen molar-refractivity contribution in [3.63, 3.8) is 0 Å². The summed E-state index contributed by atoms with van der Waals surface area (Å²) < 4.78 is 11.0. The van der Waals surface area contributed by atoms with Gasteiger partial charge in [-0.25, -0.2) is 0 Å². The van der Waals surface area contributed by atoms with E-state index in [0.717, 1.165) is 12.8 Å². The molecule has 0 bridgehead atoms. The number of halogens is 1. The van der Waals surface area contributed by atoms with Gasteiger partial charge in [0.15, 0.2) is 6.29 Å². The molecule has 0 aromatic heterocycles. The largest absolute Gasteiger partial charge is 0.355 e. The topological polar surface area (TPSA) is 18.5 Å². The summed E-state index contributed by atoms with van der Waals surface area (Å²) in [6, 6.07) is 0. The number of methoxy groups -OCH3 is 1. The molecule has 0 aromatic carbocycles. The molecule has 1 aliphatic rings. The van der Waals surface area contributed by atoms with Gasteiger partial charge in [0.25, 0.3) is 0 Å². The fraction of sp³-hybridized carbons (Fsp3) is 1.00. The maximum absolute atomic E-state index is 5.74. The molecule has 0 radical (unpaired) electrons. The fourth-order valence-electron chi connectivity index (χ4n) is 1.48. The van der Waals surface area contributed by atoms with Gasteiger partial charge in [0, 0.05) is 7.11 Å². The number of ether oxygens (including phenoxy) is 2. The van der Waals surface area contributed by atoms with Gasteiger partial charge < -0.3 is 9.47 Å². The average Bonchev–Trinajstić information content (AvgIpc) is 2.05. The molecule has 1 heterocycles. The van der Waals surface area contributed by atoms with Gasteiger partial charge in [0.05, 0.1) is 10.9 Å². The quantitative estimate of drug-likeness (QED) is 0.687. The Kier molecular flexibility index (Phi) is 4.00. The molecule has 3 heteroatoms. The smallest absolute Gasteiger partial charge is 0.169 e. The van der Waals surface area contributed by atoms with E-state index in [1.165, 1.54) is 0 Å². The van der Waals surface area contributed by atoms with Crippen molar-refractivity contribution in [1.29, 1.82) is 0 Å². The van der Waals surface area contributed by atoms with Crippen molar-refractivity contribution >= 4 is 15.9 Å². The van der Waals surface area contributed by atoms with Crippen molar-refractivity contribution in [2.45, 2.75) is 43.9 Å². The van der Waals surface area contributed by atoms with Crippen molar-refractivity contribution in [3.8, 4) is 0 Å². The maximum Gasteiger partial charge on any atom is 0.169 e. The van der Waals surface area contributed by atoms with Crippen LogP contribution in [0.3, 0.4) is 0 Å². The highest BCUT2D eigenvalue weighted by atomic mass is 79.9. The monoisotopic (exact) mass is 236 g/mol. The van der Waals surface area contributed by atoms with Gasteiger partial charge in [0.1, 0.15) is 0 Å². The van der Waals surface area contributed by atoms with E-state index in [2.05, 4.69) is 29.8 Å². The Balaban J connectivity index is 2.44. The predicted octanol–water partition coefficient (Wildman–Crippen LogP) is 2.56. The highest BCUT2D eigenvalue weighted by Gasteiger charge is 2.30. The van der Waals surface area contributed by atoms with Gasteiger partial charge in [-0.05, 0) is 18.8 Å². The third kappa shape index (κ3) is 2.44. The second-order valence-electron chi connectivity index (χ2n) is 3.62. The van der Waals surface area contributed by atoms with E-state index in [-0.39, 0.29) is 6.29 Å². The van der Waals surface area contributed by atoms with E-state index in [0.29, 0.717) is 16.8 Å². The van der Waals surface area contributed by atoms with Gasteiger partial charge in [0.2, 0.25) is 0 Å². The highest BCUT2D eigenvalue weighted by molar-refractivity contribution is 9.09. The summed E-state index contributed by atoms with van der Waals surface area (Å²) in [6.45, 7) is 4.37. The third-order valence-electron chi connectivity index (χ3n) is 2.31. The SMILES string of the molecule is COC1OC(C(C)C)CCC1Br. The second kappa shape index (κ2) is 4.58. The van der Waals surface area contributed by atoms with Crippen LogP contribution in [0.4, 0.5) is 0 Å². The Hall–Kier alpha value is 0.400. The molecule has 1 fully saturated rings. The summed E-state index contributed by atoms with van der Waals surface area (Å²) in [7, 11) is 1.70. The number of rotatable bonds is 2. The van der Waals surface area contributed by atoms with Crippen LogP contribution in [0.15, 0.2) is 0 Å². The summed E-state index contributed by atoms with van der Waals surface area (Å²) >= 11 is 3.54. The lowest BCUT2D eigenvalue weighted by Gasteiger charge is -2.34. The molecule has 0 saturated carbocycles. The Labute approximate surface area is 82.7 Å². The molecule has 0 aliphatic carbocycles. The van der Waals surface area contributed by atoms with Crippen molar-refractivity contribution in [2.75, 3.05) is 7.11 Å². The zero-order valence-corrected chi connectivity index (χ0v) is 9.50. The first-order chi connectivity index (χ1) is 5.65. The van der Waals surface area contributed by atoms with Crippen LogP contribution < -0.4 is 0 Å². The Morgan fingerprint density at radius 2 is 2.08 bits per heavy atom. The number of alkyl halides is 1. The molecule has 12 heavy (non-hydrogen) atoms. The molecule has 3 atom stereocenters. The summed E-state index contributed by atoms with van der Waals surface area (Å²) in [5.41, 5.74) is 0. The molecule has 1 aliphatic heterocycles.